The van der Waals surface area contributed by atoms with Crippen molar-refractivity contribution in [1.29, 1.82) is 0 Å². The number of alkyl halides is 1. The summed E-state index contributed by atoms with van der Waals surface area (Å²) in [4.78, 5) is 0.762. The van der Waals surface area contributed by atoms with Crippen LogP contribution in [0, 0.1) is 11.8 Å². The van der Waals surface area contributed by atoms with Crippen LogP contribution >= 0.6 is 15.9 Å². The quantitative estimate of drug-likeness (QED) is 0.514. The predicted molar refractivity (Wildman–Crippen MR) is 44.6 cm³/mol. The molecule has 0 heterocycles. The van der Waals surface area contributed by atoms with Crippen LogP contribution in [-0.4, -0.2) is 4.83 Å². The topological polar surface area (TPSA) is 0 Å². The lowest BCUT2D eigenvalue weighted by Gasteiger charge is -2.31. The smallest absolute Gasteiger partial charge is 0.0151 e. The molecule has 0 aromatic carbocycles. The van der Waals surface area contributed by atoms with E-state index in [0.717, 1.165) is 4.83 Å². The van der Waals surface area contributed by atoms with Crippen molar-refractivity contribution in [2.75, 3.05) is 0 Å². The Morgan fingerprint density at radius 1 is 1.56 bits per heavy atom. The van der Waals surface area contributed by atoms with Crippen molar-refractivity contribution < 1.29 is 0 Å². The highest BCUT2D eigenvalue weighted by Gasteiger charge is 2.26. The van der Waals surface area contributed by atoms with Crippen LogP contribution in [0.4, 0.5) is 0 Å². The molecule has 0 aromatic rings. The van der Waals surface area contributed by atoms with E-state index in [-0.39, 0.29) is 0 Å². The molecule has 1 atom stereocenters. The van der Waals surface area contributed by atoms with E-state index < -0.39 is 0 Å². The molecule has 1 heteroatoms. The van der Waals surface area contributed by atoms with Crippen molar-refractivity contribution in [2.24, 2.45) is 5.41 Å². The van der Waals surface area contributed by atoms with Crippen LogP contribution in [-0.2, 0) is 0 Å². The highest BCUT2D eigenvalue weighted by Crippen LogP contribution is 2.37. The van der Waals surface area contributed by atoms with E-state index in [9.17, 15) is 0 Å². The first-order chi connectivity index (χ1) is 4.10. The summed E-state index contributed by atoms with van der Waals surface area (Å²) < 4.78 is 0. The third kappa shape index (κ3) is 2.29. The average Bonchev–Trinajstić information content (AvgIpc) is 1.60. The molecule has 0 bridgehead atoms. The lowest BCUT2D eigenvalue weighted by Crippen LogP contribution is -2.22. The van der Waals surface area contributed by atoms with Crippen molar-refractivity contribution in [3.8, 4) is 0 Å². The summed E-state index contributed by atoms with van der Waals surface area (Å²) in [5.74, 6) is 0. The monoisotopic (exact) mass is 189 g/mol. The normalized spacial score (nSPS) is 34.3. The SMILES string of the molecule is CC1(C)[CH]CCC(Br)C1. The van der Waals surface area contributed by atoms with Crippen LogP contribution in [0.2, 0.25) is 0 Å². The fourth-order valence-corrected chi connectivity index (χ4v) is 2.51. The third-order valence-corrected chi connectivity index (χ3v) is 2.71. The van der Waals surface area contributed by atoms with Gasteiger partial charge in [-0.2, -0.15) is 0 Å². The first-order valence-electron chi connectivity index (χ1n) is 3.59. The molecule has 1 radical (unpaired) electrons. The summed E-state index contributed by atoms with van der Waals surface area (Å²) in [7, 11) is 0. The van der Waals surface area contributed by atoms with Gasteiger partial charge in [0.1, 0.15) is 0 Å². The van der Waals surface area contributed by atoms with Crippen LogP contribution in [0.3, 0.4) is 0 Å². The van der Waals surface area contributed by atoms with Gasteiger partial charge in [0.25, 0.3) is 0 Å². The van der Waals surface area contributed by atoms with Crippen molar-refractivity contribution in [1.82, 2.24) is 0 Å². The average molecular weight is 190 g/mol. The maximum atomic E-state index is 3.64. The van der Waals surface area contributed by atoms with Gasteiger partial charge in [-0.3, -0.25) is 0 Å². The fraction of sp³-hybridized carbons (Fsp3) is 0.875. The molecule has 0 nitrogen and oxygen atoms in total. The third-order valence-electron chi connectivity index (χ3n) is 1.92. The zero-order valence-electron chi connectivity index (χ0n) is 6.15. The van der Waals surface area contributed by atoms with E-state index in [2.05, 4.69) is 36.2 Å². The van der Waals surface area contributed by atoms with Crippen LogP contribution in [0.1, 0.15) is 33.1 Å². The van der Waals surface area contributed by atoms with Crippen LogP contribution in [0.5, 0.6) is 0 Å². The molecule has 9 heavy (non-hydrogen) atoms. The van der Waals surface area contributed by atoms with E-state index in [1.807, 2.05) is 0 Å². The highest BCUT2D eigenvalue weighted by molar-refractivity contribution is 9.09. The second-order valence-electron chi connectivity index (χ2n) is 3.57. The maximum absolute atomic E-state index is 3.64. The highest BCUT2D eigenvalue weighted by atomic mass is 79.9. The molecule has 1 saturated carbocycles. The van der Waals surface area contributed by atoms with Crippen LogP contribution in [0.25, 0.3) is 0 Å². The summed E-state index contributed by atoms with van der Waals surface area (Å²) in [5, 5.41) is 0. The molecule has 0 amide bonds. The summed E-state index contributed by atoms with van der Waals surface area (Å²) >= 11 is 3.64. The summed E-state index contributed by atoms with van der Waals surface area (Å²) in [5.41, 5.74) is 0.479. The van der Waals surface area contributed by atoms with Gasteiger partial charge in [0.05, 0.1) is 0 Å². The first kappa shape index (κ1) is 7.59. The Kier molecular flexibility index (Phi) is 2.20. The van der Waals surface area contributed by atoms with E-state index in [0.29, 0.717) is 5.41 Å². The molecule has 1 rings (SSSR count). The Morgan fingerprint density at radius 2 is 2.22 bits per heavy atom. The largest absolute Gasteiger partial charge is 0.0890 e. The summed E-state index contributed by atoms with van der Waals surface area (Å²) in [6.45, 7) is 4.61. The van der Waals surface area contributed by atoms with Gasteiger partial charge in [-0.05, 0) is 31.1 Å². The molecule has 53 valence electrons. The minimum atomic E-state index is 0.479. The van der Waals surface area contributed by atoms with Gasteiger partial charge in [-0.25, -0.2) is 0 Å². The zero-order valence-corrected chi connectivity index (χ0v) is 7.74. The molecular weight excluding hydrogens is 176 g/mol. The maximum Gasteiger partial charge on any atom is 0.0151 e. The second kappa shape index (κ2) is 2.61. The summed E-state index contributed by atoms with van der Waals surface area (Å²) in [6.07, 6.45) is 6.34. The van der Waals surface area contributed by atoms with E-state index in [1.165, 1.54) is 19.3 Å². The minimum Gasteiger partial charge on any atom is -0.0890 e. The van der Waals surface area contributed by atoms with Crippen LogP contribution in [0.15, 0.2) is 0 Å². The lowest BCUT2D eigenvalue weighted by atomic mass is 9.78. The van der Waals surface area contributed by atoms with Gasteiger partial charge in [0, 0.05) is 4.83 Å². The Balaban J connectivity index is 2.41. The van der Waals surface area contributed by atoms with E-state index in [4.69, 9.17) is 0 Å². The van der Waals surface area contributed by atoms with Crippen molar-refractivity contribution in [3.05, 3.63) is 6.42 Å². The molecule has 0 aliphatic heterocycles. The first-order valence-corrected chi connectivity index (χ1v) is 4.50. The van der Waals surface area contributed by atoms with Crippen LogP contribution < -0.4 is 0 Å². The lowest BCUT2D eigenvalue weighted by molar-refractivity contribution is 0.339. The molecule has 1 aliphatic rings. The molecular formula is C8H14Br. The molecule has 1 fully saturated rings. The minimum absolute atomic E-state index is 0.479. The second-order valence-corrected chi connectivity index (χ2v) is 4.87. The molecule has 0 aromatic heterocycles. The Hall–Kier alpha value is 0.480. The van der Waals surface area contributed by atoms with E-state index in [1.54, 1.807) is 0 Å². The van der Waals surface area contributed by atoms with Gasteiger partial charge in [-0.1, -0.05) is 29.8 Å². The van der Waals surface area contributed by atoms with Gasteiger partial charge in [0.2, 0.25) is 0 Å². The predicted octanol–water partition coefficient (Wildman–Crippen LogP) is 3.16. The standard InChI is InChI=1S/C8H14Br/c1-8(2)5-3-4-7(9)6-8/h5,7H,3-4,6H2,1-2H3. The Morgan fingerprint density at radius 3 is 2.56 bits per heavy atom. The van der Waals surface area contributed by atoms with Crippen molar-refractivity contribution in [2.45, 2.75) is 37.9 Å². The van der Waals surface area contributed by atoms with Gasteiger partial charge >= 0.3 is 0 Å². The van der Waals surface area contributed by atoms with Gasteiger partial charge < -0.3 is 0 Å². The van der Waals surface area contributed by atoms with Gasteiger partial charge in [-0.15, -0.1) is 0 Å². The number of halogens is 1. The van der Waals surface area contributed by atoms with E-state index >= 15 is 0 Å². The Bertz CT molecular complexity index is 96.7. The molecule has 0 spiro atoms. The number of rotatable bonds is 0. The Labute approximate surface area is 66.2 Å². The summed E-state index contributed by atoms with van der Waals surface area (Å²) in [6, 6.07) is 0. The molecule has 1 aliphatic carbocycles. The molecule has 1 unspecified atom stereocenters. The number of hydrogen-bond acceptors (Lipinski definition) is 0. The van der Waals surface area contributed by atoms with Gasteiger partial charge in [0.15, 0.2) is 0 Å². The molecule has 0 N–H and O–H groups in total. The number of hydrogen-bond donors (Lipinski definition) is 0. The fourth-order valence-electron chi connectivity index (χ4n) is 1.41. The van der Waals surface area contributed by atoms with Crippen molar-refractivity contribution in [3.63, 3.8) is 0 Å². The molecule has 0 saturated heterocycles. The zero-order chi connectivity index (χ0) is 6.91. The van der Waals surface area contributed by atoms with Crippen molar-refractivity contribution >= 4 is 15.9 Å².